The minimum atomic E-state index is -3.06. The Labute approximate surface area is 188 Å². The van der Waals surface area contributed by atoms with Crippen molar-refractivity contribution in [1.82, 2.24) is 4.90 Å². The maximum absolute atomic E-state index is 15.0. The standard InChI is InChI=1S/C21H19F2N3O6S/c1-24-15-6-4-5-13(18(15)23)19(25-33(29)30)17-14(10-22)12-8-7-11(31-21(28)26(2)3)9-16(12)32-20(17)27/h4-9,19,24H,10H2,1-3H3. The van der Waals surface area contributed by atoms with Gasteiger partial charge in [-0.3, -0.25) is 0 Å². The van der Waals surface area contributed by atoms with Crippen molar-refractivity contribution in [2.75, 3.05) is 26.5 Å². The van der Waals surface area contributed by atoms with Crippen molar-refractivity contribution >= 4 is 33.3 Å². The summed E-state index contributed by atoms with van der Waals surface area (Å²) in [5, 5.41) is 2.72. The van der Waals surface area contributed by atoms with Gasteiger partial charge in [-0.05, 0) is 18.2 Å². The number of nitrogens with one attached hydrogen (secondary N) is 1. The van der Waals surface area contributed by atoms with Crippen molar-refractivity contribution in [1.29, 1.82) is 0 Å². The van der Waals surface area contributed by atoms with Crippen molar-refractivity contribution in [3.05, 3.63) is 69.3 Å². The van der Waals surface area contributed by atoms with Gasteiger partial charge in [-0.25, -0.2) is 18.4 Å². The van der Waals surface area contributed by atoms with E-state index in [2.05, 4.69) is 9.68 Å². The van der Waals surface area contributed by atoms with Gasteiger partial charge in [-0.15, -0.1) is 0 Å². The molecule has 0 saturated heterocycles. The smallest absolute Gasteiger partial charge is 0.414 e. The molecule has 9 nitrogen and oxygen atoms in total. The van der Waals surface area contributed by atoms with Crippen molar-refractivity contribution in [3.63, 3.8) is 0 Å². The molecular formula is C21H19F2N3O6S. The van der Waals surface area contributed by atoms with Crippen LogP contribution in [0, 0.1) is 5.82 Å². The average Bonchev–Trinajstić information content (AvgIpc) is 2.76. The number of carbonyl (C=O) groups is 1. The normalized spacial score (nSPS) is 11.7. The first-order valence-corrected chi connectivity index (χ1v) is 10.5. The van der Waals surface area contributed by atoms with E-state index in [1.54, 1.807) is 0 Å². The molecule has 174 valence electrons. The SMILES string of the molecule is CNc1cccc(C(N=S(=O)=O)c2c(CF)c3ccc(OC(=O)N(C)C)cc3oc2=O)c1F. The summed E-state index contributed by atoms with van der Waals surface area (Å²) >= 11 is 0. The maximum atomic E-state index is 15.0. The highest BCUT2D eigenvalue weighted by atomic mass is 32.2. The first kappa shape index (κ1) is 23.9. The van der Waals surface area contributed by atoms with Gasteiger partial charge in [0.05, 0.1) is 11.3 Å². The molecule has 0 aliphatic carbocycles. The predicted octanol–water partition coefficient (Wildman–Crippen LogP) is 3.66. The van der Waals surface area contributed by atoms with Gasteiger partial charge in [0.2, 0.25) is 0 Å². The van der Waals surface area contributed by atoms with Gasteiger partial charge < -0.3 is 19.4 Å². The molecule has 0 aliphatic rings. The Balaban J connectivity index is 2.27. The lowest BCUT2D eigenvalue weighted by molar-refractivity contribution is 0.172. The molecule has 1 N–H and O–H groups in total. The summed E-state index contributed by atoms with van der Waals surface area (Å²) in [5.41, 5.74) is -2.13. The van der Waals surface area contributed by atoms with Crippen LogP contribution < -0.4 is 15.7 Å². The van der Waals surface area contributed by atoms with Crippen LogP contribution in [-0.4, -0.2) is 40.6 Å². The maximum Gasteiger partial charge on any atom is 0.414 e. The molecular weight excluding hydrogens is 460 g/mol. The summed E-state index contributed by atoms with van der Waals surface area (Å²) in [5.74, 6) is -0.814. The van der Waals surface area contributed by atoms with E-state index in [9.17, 15) is 26.8 Å². The number of alkyl halides is 1. The fourth-order valence-corrected chi connectivity index (χ4v) is 3.63. The van der Waals surface area contributed by atoms with E-state index in [-0.39, 0.29) is 33.5 Å². The van der Waals surface area contributed by atoms with Gasteiger partial charge >= 0.3 is 22.2 Å². The number of ether oxygens (including phenoxy) is 1. The third kappa shape index (κ3) is 4.85. The van der Waals surface area contributed by atoms with Gasteiger partial charge in [0.1, 0.15) is 24.0 Å². The Morgan fingerprint density at radius 2 is 2.00 bits per heavy atom. The van der Waals surface area contributed by atoms with Gasteiger partial charge in [-0.2, -0.15) is 12.8 Å². The number of amides is 1. The van der Waals surface area contributed by atoms with Gasteiger partial charge in [-0.1, -0.05) is 12.1 Å². The number of carbonyl (C=O) groups excluding carboxylic acids is 1. The lowest BCUT2D eigenvalue weighted by atomic mass is 9.94. The quantitative estimate of drug-likeness (QED) is 0.536. The first-order chi connectivity index (χ1) is 15.7. The van der Waals surface area contributed by atoms with E-state index in [1.807, 2.05) is 0 Å². The molecule has 1 amide bonds. The van der Waals surface area contributed by atoms with Crippen molar-refractivity contribution in [2.24, 2.45) is 4.36 Å². The third-order valence-electron chi connectivity index (χ3n) is 4.79. The van der Waals surface area contributed by atoms with E-state index in [1.165, 1.54) is 62.4 Å². The molecule has 1 atom stereocenters. The lowest BCUT2D eigenvalue weighted by Crippen LogP contribution is -2.25. The zero-order chi connectivity index (χ0) is 24.3. The van der Waals surface area contributed by atoms with Crippen LogP contribution in [-0.2, 0) is 17.2 Å². The van der Waals surface area contributed by atoms with E-state index in [0.29, 0.717) is 0 Å². The second kappa shape index (κ2) is 9.77. The van der Waals surface area contributed by atoms with Crippen LogP contribution in [0.1, 0.15) is 22.7 Å². The molecule has 1 heterocycles. The minimum absolute atomic E-state index is 0.0312. The number of benzene rings is 2. The molecule has 2 aromatic carbocycles. The van der Waals surface area contributed by atoms with Crippen LogP contribution >= 0.6 is 0 Å². The highest BCUT2D eigenvalue weighted by molar-refractivity contribution is 7.61. The van der Waals surface area contributed by atoms with E-state index in [0.717, 1.165) is 0 Å². The molecule has 3 aromatic rings. The van der Waals surface area contributed by atoms with Gasteiger partial charge in [0.25, 0.3) is 0 Å². The van der Waals surface area contributed by atoms with Crippen LogP contribution in [0.5, 0.6) is 5.75 Å². The second-order valence-corrected chi connectivity index (χ2v) is 7.66. The Bertz CT molecular complexity index is 1410. The Hall–Kier alpha value is -3.80. The van der Waals surface area contributed by atoms with Crippen LogP contribution in [0.3, 0.4) is 0 Å². The second-order valence-electron chi connectivity index (χ2n) is 7.02. The summed E-state index contributed by atoms with van der Waals surface area (Å²) in [6.45, 7) is -1.20. The number of hydrogen-bond acceptors (Lipinski definition) is 8. The van der Waals surface area contributed by atoms with Crippen molar-refractivity contribution < 1.29 is 31.1 Å². The van der Waals surface area contributed by atoms with Crippen LogP contribution in [0.4, 0.5) is 19.3 Å². The fourth-order valence-electron chi connectivity index (χ4n) is 3.24. The molecule has 0 radical (unpaired) electrons. The molecule has 1 unspecified atom stereocenters. The van der Waals surface area contributed by atoms with Crippen molar-refractivity contribution in [3.8, 4) is 5.75 Å². The zero-order valence-corrected chi connectivity index (χ0v) is 18.6. The Morgan fingerprint density at radius 3 is 2.61 bits per heavy atom. The van der Waals surface area contributed by atoms with E-state index in [4.69, 9.17) is 9.15 Å². The van der Waals surface area contributed by atoms with E-state index < -0.39 is 46.3 Å². The monoisotopic (exact) mass is 479 g/mol. The van der Waals surface area contributed by atoms with Crippen LogP contribution in [0.25, 0.3) is 11.0 Å². The molecule has 12 heteroatoms. The molecule has 33 heavy (non-hydrogen) atoms. The van der Waals surface area contributed by atoms with Gasteiger partial charge in [0.15, 0.2) is 5.82 Å². The third-order valence-corrected chi connectivity index (χ3v) is 5.17. The highest BCUT2D eigenvalue weighted by Crippen LogP contribution is 2.35. The summed E-state index contributed by atoms with van der Waals surface area (Å²) in [6, 6.07) is 6.32. The summed E-state index contributed by atoms with van der Waals surface area (Å²) < 4.78 is 65.8. The summed E-state index contributed by atoms with van der Waals surface area (Å²) in [7, 11) is 1.35. The first-order valence-electron chi connectivity index (χ1n) is 9.49. The minimum Gasteiger partial charge on any atom is -0.422 e. The topological polar surface area (TPSA) is 118 Å². The Kier molecular flexibility index (Phi) is 7.07. The molecule has 3 rings (SSSR count). The average molecular weight is 479 g/mol. The van der Waals surface area contributed by atoms with Crippen molar-refractivity contribution in [2.45, 2.75) is 12.7 Å². The largest absolute Gasteiger partial charge is 0.422 e. The number of anilines is 1. The molecule has 0 saturated carbocycles. The number of rotatable bonds is 6. The molecule has 1 aromatic heterocycles. The number of fused-ring (bicyclic) bond motifs is 1. The predicted molar refractivity (Wildman–Crippen MR) is 116 cm³/mol. The molecule has 0 spiro atoms. The number of nitrogens with zero attached hydrogens (tertiary/aromatic N) is 2. The zero-order valence-electron chi connectivity index (χ0n) is 17.8. The summed E-state index contributed by atoms with van der Waals surface area (Å²) in [6.07, 6.45) is -0.685. The van der Waals surface area contributed by atoms with Crippen LogP contribution in [0.15, 0.2) is 50.0 Å². The molecule has 0 bridgehead atoms. The van der Waals surface area contributed by atoms with Gasteiger partial charge in [0, 0.05) is 43.7 Å². The number of halogens is 2. The lowest BCUT2D eigenvalue weighted by Gasteiger charge is -2.17. The van der Waals surface area contributed by atoms with Crippen LogP contribution in [0.2, 0.25) is 0 Å². The molecule has 0 aliphatic heterocycles. The number of hydrogen-bond donors (Lipinski definition) is 1. The Morgan fingerprint density at radius 1 is 1.27 bits per heavy atom. The summed E-state index contributed by atoms with van der Waals surface area (Å²) in [4.78, 5) is 25.8. The molecule has 0 fully saturated rings. The fraction of sp³-hybridized carbons (Fsp3) is 0.238. The highest BCUT2D eigenvalue weighted by Gasteiger charge is 2.28. The van der Waals surface area contributed by atoms with E-state index >= 15 is 0 Å².